The number of unbranched alkanes of at least 4 members (excludes halogenated alkanes) is 4. The molecule has 0 fully saturated rings. The van der Waals surface area contributed by atoms with Crippen LogP contribution in [0.3, 0.4) is 0 Å². The molecule has 0 atom stereocenters. The minimum absolute atomic E-state index is 0. The van der Waals surface area contributed by atoms with Crippen LogP contribution in [0, 0.1) is 0 Å². The van der Waals surface area contributed by atoms with E-state index in [9.17, 15) is 4.79 Å². The zero-order valence-corrected chi connectivity index (χ0v) is 10.2. The first-order chi connectivity index (χ1) is 6.33. The van der Waals surface area contributed by atoms with Gasteiger partial charge in [-0.15, -0.1) is 0 Å². The maximum absolute atomic E-state index is 9.17. The third-order valence-corrected chi connectivity index (χ3v) is 1.37. The second-order valence-corrected chi connectivity index (χ2v) is 2.64. The number of aldehydes is 1. The largest absolute Gasteiger partial charge is 0.303 e. The molecule has 0 N–H and O–H groups in total. The molecule has 0 heterocycles. The first-order valence-electron chi connectivity index (χ1n) is 5.77. The summed E-state index contributed by atoms with van der Waals surface area (Å²) >= 11 is 0. The topological polar surface area (TPSA) is 17.1 Å². The Morgan fingerprint density at radius 2 is 1.14 bits per heavy atom. The number of hydrogen-bond acceptors (Lipinski definition) is 1. The lowest BCUT2D eigenvalue weighted by Crippen LogP contribution is -1.70. The van der Waals surface area contributed by atoms with Crippen LogP contribution in [0.2, 0.25) is 0 Å². The quantitative estimate of drug-likeness (QED) is 0.442. The zero-order valence-electron chi connectivity index (χ0n) is 10.2. The summed E-state index contributed by atoms with van der Waals surface area (Å²) in [5.41, 5.74) is 0. The second kappa shape index (κ2) is 38.8. The fraction of sp³-hybridized carbons (Fsp3) is 0.923. The van der Waals surface area contributed by atoms with Crippen molar-refractivity contribution in [2.45, 2.75) is 80.6 Å². The van der Waals surface area contributed by atoms with Gasteiger partial charge in [0.2, 0.25) is 0 Å². The van der Waals surface area contributed by atoms with E-state index in [-0.39, 0.29) is 7.43 Å². The molecule has 1 heteroatoms. The van der Waals surface area contributed by atoms with E-state index in [0.717, 1.165) is 6.29 Å². The van der Waals surface area contributed by atoms with Gasteiger partial charge in [0, 0.05) is 6.42 Å². The molecule has 90 valence electrons. The third kappa shape index (κ3) is 60.9. The van der Waals surface area contributed by atoms with Gasteiger partial charge in [-0.3, -0.25) is 0 Å². The summed E-state index contributed by atoms with van der Waals surface area (Å²) in [6.45, 7) is 10.3. The minimum Gasteiger partial charge on any atom is -0.303 e. The molecule has 0 spiro atoms. The molecular formula is C13H32O. The molecule has 0 aliphatic heterocycles. The van der Waals surface area contributed by atoms with Gasteiger partial charge in [-0.05, 0) is 0 Å². The predicted octanol–water partition coefficient (Wildman–Crippen LogP) is 5.23. The van der Waals surface area contributed by atoms with Crippen molar-refractivity contribution in [2.75, 3.05) is 0 Å². The highest BCUT2D eigenvalue weighted by Crippen LogP contribution is 2.00. The number of hydrogen-bond donors (Lipinski definition) is 0. The van der Waals surface area contributed by atoms with E-state index in [1.54, 1.807) is 0 Å². The van der Waals surface area contributed by atoms with Crippen molar-refractivity contribution in [1.82, 2.24) is 0 Å². The highest BCUT2D eigenvalue weighted by Gasteiger charge is 1.80. The average Bonchev–Trinajstić information content (AvgIpc) is 2.22. The third-order valence-electron chi connectivity index (χ3n) is 1.37. The molecule has 0 aliphatic carbocycles. The van der Waals surface area contributed by atoms with E-state index >= 15 is 0 Å². The van der Waals surface area contributed by atoms with Crippen molar-refractivity contribution in [3.8, 4) is 0 Å². The van der Waals surface area contributed by atoms with E-state index in [1.165, 1.54) is 32.1 Å². The van der Waals surface area contributed by atoms with Crippen molar-refractivity contribution >= 4 is 6.29 Å². The molecule has 0 saturated carbocycles. The zero-order chi connectivity index (χ0) is 10.9. The lowest BCUT2D eigenvalue weighted by Gasteiger charge is -1.90. The van der Waals surface area contributed by atoms with Gasteiger partial charge < -0.3 is 4.79 Å². The predicted molar refractivity (Wildman–Crippen MR) is 68.9 cm³/mol. The van der Waals surface area contributed by atoms with Crippen LogP contribution in [0.1, 0.15) is 80.6 Å². The van der Waals surface area contributed by atoms with Gasteiger partial charge in [-0.1, -0.05) is 74.1 Å². The van der Waals surface area contributed by atoms with Crippen molar-refractivity contribution in [3.63, 3.8) is 0 Å². The van der Waals surface area contributed by atoms with Gasteiger partial charge in [-0.25, -0.2) is 0 Å². The lowest BCUT2D eigenvalue weighted by atomic mass is 10.2. The molecule has 0 aromatic rings. The van der Waals surface area contributed by atoms with Gasteiger partial charge >= 0.3 is 0 Å². The molecule has 0 saturated heterocycles. The Kier molecular flexibility index (Phi) is 65.0. The van der Waals surface area contributed by atoms with Gasteiger partial charge in [-0.2, -0.15) is 0 Å². The molecule has 1 nitrogen and oxygen atoms in total. The molecule has 0 aromatic heterocycles. The second-order valence-electron chi connectivity index (χ2n) is 2.64. The van der Waals surface area contributed by atoms with Crippen LogP contribution in [0.15, 0.2) is 0 Å². The van der Waals surface area contributed by atoms with Crippen molar-refractivity contribution in [2.24, 2.45) is 0 Å². The Bertz CT molecular complexity index is 56.3. The standard InChI is InChI=1S/C7H16.C3H6O.C2H6.CH4/c1-3-5-7-6-4-2;1-2-3-4;1-2;/h3-7H2,1-2H3;3H,2H2,1H3;1-2H3;1H4. The monoisotopic (exact) mass is 204 g/mol. The van der Waals surface area contributed by atoms with Crippen LogP contribution in [0.4, 0.5) is 0 Å². The van der Waals surface area contributed by atoms with E-state index in [0.29, 0.717) is 6.42 Å². The normalized spacial score (nSPS) is 6.93. The average molecular weight is 204 g/mol. The SMILES string of the molecule is C.CC.CCC=O.CCCCCCC. The van der Waals surface area contributed by atoms with Crippen LogP contribution in [-0.4, -0.2) is 6.29 Å². The molecule has 14 heavy (non-hydrogen) atoms. The summed E-state index contributed by atoms with van der Waals surface area (Å²) in [4.78, 5) is 9.17. The summed E-state index contributed by atoms with van der Waals surface area (Å²) in [7, 11) is 0. The molecule has 0 amide bonds. The minimum atomic E-state index is 0. The number of carbonyl (C=O) groups excluding carboxylic acids is 1. The van der Waals surface area contributed by atoms with Gasteiger partial charge in [0.05, 0.1) is 0 Å². The number of rotatable bonds is 5. The number of carbonyl (C=O) groups is 1. The van der Waals surface area contributed by atoms with Crippen LogP contribution >= 0.6 is 0 Å². The van der Waals surface area contributed by atoms with Gasteiger partial charge in [0.15, 0.2) is 0 Å². The summed E-state index contributed by atoms with van der Waals surface area (Å²) in [5, 5.41) is 0. The molecule has 0 unspecified atom stereocenters. The Hall–Kier alpha value is -0.330. The summed E-state index contributed by atoms with van der Waals surface area (Å²) in [6, 6.07) is 0. The van der Waals surface area contributed by atoms with Crippen molar-refractivity contribution in [1.29, 1.82) is 0 Å². The summed E-state index contributed by atoms with van der Waals surface area (Å²) < 4.78 is 0. The fourth-order valence-corrected chi connectivity index (χ4v) is 0.677. The van der Waals surface area contributed by atoms with Gasteiger partial charge in [0.25, 0.3) is 0 Å². The fourth-order valence-electron chi connectivity index (χ4n) is 0.677. The summed E-state index contributed by atoms with van der Waals surface area (Å²) in [5.74, 6) is 0. The highest BCUT2D eigenvalue weighted by molar-refractivity contribution is 5.48. The Morgan fingerprint density at radius 3 is 1.29 bits per heavy atom. The molecule has 0 bridgehead atoms. The van der Waals surface area contributed by atoms with Crippen molar-refractivity contribution in [3.05, 3.63) is 0 Å². The van der Waals surface area contributed by atoms with Gasteiger partial charge in [0.1, 0.15) is 6.29 Å². The van der Waals surface area contributed by atoms with Crippen LogP contribution in [0.25, 0.3) is 0 Å². The molecule has 0 aromatic carbocycles. The van der Waals surface area contributed by atoms with Crippen molar-refractivity contribution < 1.29 is 4.79 Å². The van der Waals surface area contributed by atoms with E-state index in [2.05, 4.69) is 13.8 Å². The Labute approximate surface area is 92.3 Å². The van der Waals surface area contributed by atoms with Crippen LogP contribution in [-0.2, 0) is 4.79 Å². The Balaban J connectivity index is -0.0000000620. The van der Waals surface area contributed by atoms with Crippen LogP contribution < -0.4 is 0 Å². The van der Waals surface area contributed by atoms with Crippen LogP contribution in [0.5, 0.6) is 0 Å². The molecule has 0 rings (SSSR count). The van der Waals surface area contributed by atoms with E-state index < -0.39 is 0 Å². The summed E-state index contributed by atoms with van der Waals surface area (Å²) in [6.07, 6.45) is 8.52. The molecule has 0 aliphatic rings. The maximum Gasteiger partial charge on any atom is 0.119 e. The highest BCUT2D eigenvalue weighted by atomic mass is 16.1. The smallest absolute Gasteiger partial charge is 0.119 e. The lowest BCUT2D eigenvalue weighted by molar-refractivity contribution is -0.107. The maximum atomic E-state index is 9.17. The molecular weight excluding hydrogens is 172 g/mol. The Morgan fingerprint density at radius 1 is 0.857 bits per heavy atom. The van der Waals surface area contributed by atoms with E-state index in [1.807, 2.05) is 20.8 Å². The van der Waals surface area contributed by atoms with E-state index in [4.69, 9.17) is 0 Å². The first-order valence-corrected chi connectivity index (χ1v) is 5.77. The molecule has 0 radical (unpaired) electrons. The first kappa shape index (κ1) is 23.5.